The molecular weight excluding hydrogens is 456 g/mol. The molecule has 0 amide bonds. The lowest BCUT2D eigenvalue weighted by atomic mass is 10.0. The van der Waals surface area contributed by atoms with E-state index in [-0.39, 0.29) is 11.3 Å². The fourth-order valence-corrected chi connectivity index (χ4v) is 4.23. The summed E-state index contributed by atoms with van der Waals surface area (Å²) in [7, 11) is -1.99. The minimum absolute atomic E-state index is 0.0817. The molecule has 0 saturated heterocycles. The molecule has 2 aromatic carbocycles. The lowest BCUT2D eigenvalue weighted by Crippen LogP contribution is -2.20. The minimum Gasteiger partial charge on any atom is -0.491 e. The molecule has 2 heterocycles. The summed E-state index contributed by atoms with van der Waals surface area (Å²) in [4.78, 5) is 12.3. The van der Waals surface area contributed by atoms with E-state index in [4.69, 9.17) is 9.47 Å². The first kappa shape index (κ1) is 23.3. The molecule has 0 spiro atoms. The Kier molecular flexibility index (Phi) is 6.56. The molecule has 4 rings (SSSR count). The molecule has 1 N–H and O–H groups in total. The summed E-state index contributed by atoms with van der Waals surface area (Å²) in [5, 5.41) is 13.7. The van der Waals surface area contributed by atoms with Gasteiger partial charge < -0.3 is 9.47 Å². The fourth-order valence-electron chi connectivity index (χ4n) is 3.60. The standard InChI is InChI=1S/C24H24N4O5S/c1-3-34(30,31)27-18-8-10-21-19(13-18)24-22(14-23(29)28(2)26-24)32-11-5-4-6-17-12-16(15-25)7-9-20(17)33-21/h7-10,12-14,27H,3-6,11H2,1-2H3. The normalized spacial score (nSPS) is 13.4. The van der Waals surface area contributed by atoms with Crippen molar-refractivity contribution in [3.05, 3.63) is 63.9 Å². The summed E-state index contributed by atoms with van der Waals surface area (Å²) < 4.78 is 40.3. The molecule has 0 radical (unpaired) electrons. The summed E-state index contributed by atoms with van der Waals surface area (Å²) in [6.07, 6.45) is 2.19. The van der Waals surface area contributed by atoms with Crippen LogP contribution >= 0.6 is 0 Å². The molecule has 10 heteroatoms. The Bertz CT molecular complexity index is 1440. The number of aromatic nitrogens is 2. The van der Waals surface area contributed by atoms with Gasteiger partial charge in [-0.2, -0.15) is 10.4 Å². The first-order chi connectivity index (χ1) is 16.3. The van der Waals surface area contributed by atoms with Gasteiger partial charge in [0.05, 0.1) is 29.6 Å². The van der Waals surface area contributed by atoms with E-state index in [1.165, 1.54) is 17.8 Å². The van der Waals surface area contributed by atoms with E-state index in [9.17, 15) is 18.5 Å². The highest BCUT2D eigenvalue weighted by molar-refractivity contribution is 7.92. The summed E-state index contributed by atoms with van der Waals surface area (Å²) in [6, 6.07) is 13.6. The monoisotopic (exact) mass is 480 g/mol. The van der Waals surface area contributed by atoms with Crippen molar-refractivity contribution >= 4 is 15.7 Å². The zero-order valence-electron chi connectivity index (χ0n) is 18.9. The molecular formula is C24H24N4O5S. The molecule has 0 aliphatic carbocycles. The van der Waals surface area contributed by atoms with Crippen LogP contribution in [0, 0.1) is 11.3 Å². The quantitative estimate of drug-likeness (QED) is 0.608. The number of ether oxygens (including phenoxy) is 2. The minimum atomic E-state index is -3.52. The van der Waals surface area contributed by atoms with E-state index in [1.807, 2.05) is 0 Å². The Morgan fingerprint density at radius 1 is 1.12 bits per heavy atom. The van der Waals surface area contributed by atoms with Crippen molar-refractivity contribution in [1.29, 1.82) is 5.26 Å². The average molecular weight is 481 g/mol. The molecule has 34 heavy (non-hydrogen) atoms. The van der Waals surface area contributed by atoms with Gasteiger partial charge in [-0.3, -0.25) is 9.52 Å². The maximum absolute atomic E-state index is 12.3. The third-order valence-corrected chi connectivity index (χ3v) is 6.76. The Balaban J connectivity index is 1.92. The van der Waals surface area contributed by atoms with Crippen molar-refractivity contribution in [3.8, 4) is 34.6 Å². The second kappa shape index (κ2) is 9.57. The zero-order valence-corrected chi connectivity index (χ0v) is 19.7. The molecule has 1 aromatic heterocycles. The molecule has 0 bridgehead atoms. The molecule has 3 aromatic rings. The smallest absolute Gasteiger partial charge is 0.270 e. The number of rotatable bonds is 3. The molecule has 9 nitrogen and oxygen atoms in total. The summed E-state index contributed by atoms with van der Waals surface area (Å²) >= 11 is 0. The van der Waals surface area contributed by atoms with Crippen LogP contribution in [-0.2, 0) is 23.5 Å². The highest BCUT2D eigenvalue weighted by Gasteiger charge is 2.20. The first-order valence-electron chi connectivity index (χ1n) is 10.9. The summed E-state index contributed by atoms with van der Waals surface area (Å²) in [5.41, 5.74) is 2.24. The number of nitriles is 1. The van der Waals surface area contributed by atoms with Gasteiger partial charge in [-0.05, 0) is 68.1 Å². The largest absolute Gasteiger partial charge is 0.491 e. The lowest BCUT2D eigenvalue weighted by Gasteiger charge is -2.19. The van der Waals surface area contributed by atoms with Gasteiger partial charge in [0.1, 0.15) is 17.2 Å². The van der Waals surface area contributed by atoms with Crippen molar-refractivity contribution in [2.75, 3.05) is 17.1 Å². The zero-order chi connectivity index (χ0) is 24.3. The number of fused-ring (bicyclic) bond motifs is 4. The second-order valence-corrected chi connectivity index (χ2v) is 9.89. The number of hydrogen-bond acceptors (Lipinski definition) is 7. The van der Waals surface area contributed by atoms with Gasteiger partial charge in [-0.1, -0.05) is 0 Å². The van der Waals surface area contributed by atoms with Gasteiger partial charge >= 0.3 is 0 Å². The number of nitrogens with one attached hydrogen (secondary N) is 1. The SMILES string of the molecule is CCS(=O)(=O)Nc1ccc2c(c1)-c1nn(C)c(=O)cc1OCCCCc1cc(C#N)ccc1O2. The van der Waals surface area contributed by atoms with Crippen molar-refractivity contribution < 1.29 is 17.9 Å². The molecule has 1 aliphatic heterocycles. The average Bonchev–Trinajstić information content (AvgIpc) is 2.81. The van der Waals surface area contributed by atoms with E-state index >= 15 is 0 Å². The van der Waals surface area contributed by atoms with E-state index in [2.05, 4.69) is 15.9 Å². The van der Waals surface area contributed by atoms with Crippen molar-refractivity contribution in [1.82, 2.24) is 9.78 Å². The van der Waals surface area contributed by atoms with Crippen LogP contribution in [0.4, 0.5) is 5.69 Å². The molecule has 1 aliphatic rings. The highest BCUT2D eigenvalue weighted by atomic mass is 32.2. The van der Waals surface area contributed by atoms with E-state index in [0.717, 1.165) is 12.0 Å². The Labute approximate surface area is 197 Å². The van der Waals surface area contributed by atoms with E-state index in [0.29, 0.717) is 59.2 Å². The maximum Gasteiger partial charge on any atom is 0.270 e. The molecule has 0 unspecified atom stereocenters. The van der Waals surface area contributed by atoms with Crippen LogP contribution in [0.25, 0.3) is 11.3 Å². The van der Waals surface area contributed by atoms with Gasteiger partial charge in [-0.25, -0.2) is 13.1 Å². The van der Waals surface area contributed by atoms with Crippen LogP contribution < -0.4 is 19.8 Å². The van der Waals surface area contributed by atoms with Crippen LogP contribution in [0.15, 0.2) is 47.3 Å². The molecule has 176 valence electrons. The van der Waals surface area contributed by atoms with Gasteiger partial charge in [0.15, 0.2) is 5.75 Å². The van der Waals surface area contributed by atoms with Gasteiger partial charge in [-0.15, -0.1) is 0 Å². The first-order valence-corrected chi connectivity index (χ1v) is 12.5. The van der Waals surface area contributed by atoms with Gasteiger partial charge in [0, 0.05) is 18.8 Å². The van der Waals surface area contributed by atoms with Crippen LogP contribution in [0.3, 0.4) is 0 Å². The highest BCUT2D eigenvalue weighted by Crippen LogP contribution is 2.40. The number of benzene rings is 2. The topological polar surface area (TPSA) is 123 Å². The van der Waals surface area contributed by atoms with Crippen LogP contribution in [0.1, 0.15) is 30.9 Å². The Hall–Kier alpha value is -3.84. The fraction of sp³-hybridized carbons (Fsp3) is 0.292. The molecule has 0 atom stereocenters. The van der Waals surface area contributed by atoms with Crippen LogP contribution in [0.2, 0.25) is 0 Å². The summed E-state index contributed by atoms with van der Waals surface area (Å²) in [5.74, 6) is 1.21. The van der Waals surface area contributed by atoms with Crippen molar-refractivity contribution in [2.45, 2.75) is 26.2 Å². The Morgan fingerprint density at radius 2 is 1.91 bits per heavy atom. The molecule has 0 fully saturated rings. The van der Waals surface area contributed by atoms with Crippen LogP contribution in [0.5, 0.6) is 17.2 Å². The Morgan fingerprint density at radius 3 is 2.68 bits per heavy atom. The van der Waals surface area contributed by atoms with Gasteiger partial charge in [0.2, 0.25) is 10.0 Å². The summed E-state index contributed by atoms with van der Waals surface area (Å²) in [6.45, 7) is 1.92. The maximum atomic E-state index is 12.3. The number of aryl methyl sites for hydroxylation is 2. The van der Waals surface area contributed by atoms with E-state index in [1.54, 1.807) is 43.3 Å². The number of anilines is 1. The third kappa shape index (κ3) is 5.05. The predicted molar refractivity (Wildman–Crippen MR) is 128 cm³/mol. The number of nitrogens with zero attached hydrogens (tertiary/aromatic N) is 3. The second-order valence-electron chi connectivity index (χ2n) is 7.88. The van der Waals surface area contributed by atoms with Gasteiger partial charge in [0.25, 0.3) is 5.56 Å². The third-order valence-electron chi connectivity index (χ3n) is 5.45. The molecule has 0 saturated carbocycles. The van der Waals surface area contributed by atoms with Crippen molar-refractivity contribution in [2.24, 2.45) is 7.05 Å². The van der Waals surface area contributed by atoms with Crippen molar-refractivity contribution in [3.63, 3.8) is 0 Å². The van der Waals surface area contributed by atoms with E-state index < -0.39 is 10.0 Å². The predicted octanol–water partition coefficient (Wildman–Crippen LogP) is 3.59. The number of sulfonamides is 1. The lowest BCUT2D eigenvalue weighted by molar-refractivity contribution is 0.304. The van der Waals surface area contributed by atoms with Crippen LogP contribution in [-0.4, -0.2) is 30.6 Å². The number of hydrogen-bond donors (Lipinski definition) is 1.